The van der Waals surface area contributed by atoms with Crippen LogP contribution in [0.2, 0.25) is 0 Å². The van der Waals surface area contributed by atoms with Gasteiger partial charge in [0.2, 0.25) is 0 Å². The molecule has 0 aromatic heterocycles. The van der Waals surface area contributed by atoms with E-state index in [2.05, 4.69) is 6.92 Å². The highest BCUT2D eigenvalue weighted by atomic mass is 16.5. The van der Waals surface area contributed by atoms with Crippen molar-refractivity contribution in [3.05, 3.63) is 132 Å². The Morgan fingerprint density at radius 1 is 0.617 bits per heavy atom. The highest BCUT2D eigenvalue weighted by Gasteiger charge is 2.25. The van der Waals surface area contributed by atoms with Gasteiger partial charge in [0, 0.05) is 18.2 Å². The van der Waals surface area contributed by atoms with E-state index in [4.69, 9.17) is 18.9 Å². The Bertz CT molecular complexity index is 1810. The van der Waals surface area contributed by atoms with E-state index in [1.165, 1.54) is 66.8 Å². The van der Waals surface area contributed by atoms with E-state index >= 15 is 0 Å². The van der Waals surface area contributed by atoms with Crippen LogP contribution in [0.3, 0.4) is 0 Å². The quantitative estimate of drug-likeness (QED) is 0.0578. The number of ether oxygens (including phenoxy) is 4. The summed E-state index contributed by atoms with van der Waals surface area (Å²) in [7, 11) is 0. The van der Waals surface area contributed by atoms with Gasteiger partial charge in [-0.2, -0.15) is 0 Å². The molecule has 0 saturated heterocycles. The number of carbonyl (C=O) groups excluding carboxylic acids is 5. The lowest BCUT2D eigenvalue weighted by atomic mass is 10.2. The lowest BCUT2D eigenvalue weighted by molar-refractivity contribution is -0.129. The monoisotopic (exact) mass is 631 g/mol. The summed E-state index contributed by atoms with van der Waals surface area (Å²) >= 11 is 0. The second-order valence-electron chi connectivity index (χ2n) is 10.2. The van der Waals surface area contributed by atoms with Gasteiger partial charge < -0.3 is 18.9 Å². The van der Waals surface area contributed by atoms with E-state index in [0.29, 0.717) is 34.9 Å². The Hall–Kier alpha value is -6.29. The summed E-state index contributed by atoms with van der Waals surface area (Å²) in [6.45, 7) is 2.71. The zero-order valence-corrected chi connectivity index (χ0v) is 25.3. The third kappa shape index (κ3) is 8.67. The molecule has 47 heavy (non-hydrogen) atoms. The van der Waals surface area contributed by atoms with E-state index in [-0.39, 0.29) is 17.1 Å². The summed E-state index contributed by atoms with van der Waals surface area (Å²) in [5.74, 6) is -1.20. The first-order chi connectivity index (χ1) is 22.8. The van der Waals surface area contributed by atoms with Crippen molar-refractivity contribution in [1.82, 2.24) is 0 Å². The number of nitrogens with zero attached hydrogens (tertiary/aromatic N) is 1. The minimum atomic E-state index is -0.648. The van der Waals surface area contributed by atoms with Crippen molar-refractivity contribution in [2.75, 3.05) is 11.5 Å². The van der Waals surface area contributed by atoms with Gasteiger partial charge in [0.1, 0.15) is 23.0 Å². The first-order valence-electron chi connectivity index (χ1n) is 14.7. The summed E-state index contributed by atoms with van der Waals surface area (Å²) < 4.78 is 21.7. The molecule has 10 nitrogen and oxygen atoms in total. The molecular weight excluding hydrogens is 602 g/mol. The molecule has 236 valence electrons. The lowest BCUT2D eigenvalue weighted by Gasteiger charge is -2.14. The maximum Gasteiger partial charge on any atom is 0.343 e. The topological polar surface area (TPSA) is 126 Å². The molecule has 0 aliphatic carbocycles. The predicted octanol–water partition coefficient (Wildman–Crippen LogP) is 6.35. The van der Waals surface area contributed by atoms with Gasteiger partial charge in [-0.15, -0.1) is 0 Å². The minimum Gasteiger partial charge on any atom is -0.494 e. The molecule has 1 heterocycles. The third-order valence-corrected chi connectivity index (χ3v) is 6.78. The number of hydrogen-bond acceptors (Lipinski definition) is 9. The molecule has 5 rings (SSSR count). The zero-order valence-electron chi connectivity index (χ0n) is 25.3. The van der Waals surface area contributed by atoms with Crippen LogP contribution >= 0.6 is 0 Å². The van der Waals surface area contributed by atoms with Gasteiger partial charge in [-0.3, -0.25) is 9.59 Å². The molecule has 0 atom stereocenters. The van der Waals surface area contributed by atoms with Gasteiger partial charge >= 0.3 is 17.9 Å². The molecule has 0 radical (unpaired) electrons. The van der Waals surface area contributed by atoms with Crippen molar-refractivity contribution in [3.63, 3.8) is 0 Å². The standard InChI is InChI=1S/C37H29NO9/c1-2-3-24-44-29-15-7-26(8-16-29)36(42)46-31-13-4-25(5-14-31)6-23-35(41)45-30-17-9-27(10-18-30)37(43)47-32-19-11-28(12-20-32)38-33(39)21-22-34(38)40/h4-23H,2-3,24H2,1H3/b23-6+. The molecule has 2 amide bonds. The summed E-state index contributed by atoms with van der Waals surface area (Å²) in [5.41, 5.74) is 1.64. The number of anilines is 1. The average Bonchev–Trinajstić information content (AvgIpc) is 3.42. The minimum absolute atomic E-state index is 0.216. The highest BCUT2D eigenvalue weighted by molar-refractivity contribution is 6.28. The maximum absolute atomic E-state index is 12.6. The lowest BCUT2D eigenvalue weighted by Crippen LogP contribution is -2.29. The van der Waals surface area contributed by atoms with Crippen LogP contribution in [-0.4, -0.2) is 36.3 Å². The van der Waals surface area contributed by atoms with Crippen molar-refractivity contribution in [3.8, 4) is 23.0 Å². The summed E-state index contributed by atoms with van der Waals surface area (Å²) in [4.78, 5) is 62.0. The number of hydrogen-bond donors (Lipinski definition) is 0. The van der Waals surface area contributed by atoms with Crippen molar-refractivity contribution >= 4 is 41.5 Å². The molecular formula is C37H29NO9. The second kappa shape index (κ2) is 15.1. The number of esters is 3. The van der Waals surface area contributed by atoms with Gasteiger partial charge in [0.15, 0.2) is 0 Å². The van der Waals surface area contributed by atoms with E-state index in [0.717, 1.165) is 17.7 Å². The molecule has 10 heteroatoms. The van der Waals surface area contributed by atoms with Gasteiger partial charge in [0.05, 0.1) is 23.4 Å². The van der Waals surface area contributed by atoms with Crippen molar-refractivity contribution in [2.45, 2.75) is 19.8 Å². The first-order valence-corrected chi connectivity index (χ1v) is 14.7. The van der Waals surface area contributed by atoms with Crippen LogP contribution < -0.4 is 23.8 Å². The van der Waals surface area contributed by atoms with E-state index in [9.17, 15) is 24.0 Å². The first kappa shape index (κ1) is 32.1. The molecule has 1 aliphatic rings. The fourth-order valence-electron chi connectivity index (χ4n) is 4.29. The average molecular weight is 632 g/mol. The zero-order chi connectivity index (χ0) is 33.2. The second-order valence-corrected chi connectivity index (χ2v) is 10.2. The van der Waals surface area contributed by atoms with Crippen molar-refractivity contribution < 1.29 is 42.9 Å². The summed E-state index contributed by atoms with van der Waals surface area (Å²) in [6.07, 6.45) is 7.15. The fraction of sp³-hybridized carbons (Fsp3) is 0.108. The number of unbranched alkanes of at least 4 members (excludes halogenated alkanes) is 1. The summed E-state index contributed by atoms with van der Waals surface area (Å²) in [5, 5.41) is 0. The third-order valence-electron chi connectivity index (χ3n) is 6.78. The van der Waals surface area contributed by atoms with Crippen molar-refractivity contribution in [1.29, 1.82) is 0 Å². The molecule has 0 fully saturated rings. The largest absolute Gasteiger partial charge is 0.494 e. The van der Waals surface area contributed by atoms with Gasteiger partial charge in [-0.25, -0.2) is 19.3 Å². The van der Waals surface area contributed by atoms with E-state index in [1.54, 1.807) is 54.6 Å². The SMILES string of the molecule is CCCCOc1ccc(C(=O)Oc2ccc(/C=C/C(=O)Oc3ccc(C(=O)Oc4ccc(N5C(=O)C=CC5=O)cc4)cc3)cc2)cc1. The molecule has 4 aromatic carbocycles. The molecule has 1 aliphatic heterocycles. The Morgan fingerprint density at radius 2 is 1.09 bits per heavy atom. The number of amides is 2. The van der Waals surface area contributed by atoms with Gasteiger partial charge in [-0.05, 0) is 103 Å². The molecule has 0 bridgehead atoms. The Labute approximate surface area is 270 Å². The number of carbonyl (C=O) groups is 5. The molecule has 0 unspecified atom stereocenters. The van der Waals surface area contributed by atoms with Crippen LogP contribution in [0.15, 0.2) is 115 Å². The molecule has 4 aromatic rings. The number of imide groups is 1. The summed E-state index contributed by atoms with van der Waals surface area (Å²) in [6, 6.07) is 25.1. The predicted molar refractivity (Wildman–Crippen MR) is 172 cm³/mol. The molecule has 0 saturated carbocycles. The normalized spacial score (nSPS) is 12.3. The van der Waals surface area contributed by atoms with Crippen LogP contribution in [0.4, 0.5) is 5.69 Å². The maximum atomic E-state index is 12.6. The van der Waals surface area contributed by atoms with E-state index < -0.39 is 29.7 Å². The number of benzene rings is 4. The smallest absolute Gasteiger partial charge is 0.343 e. The Kier molecular flexibility index (Phi) is 10.3. The molecule has 0 spiro atoms. The van der Waals surface area contributed by atoms with Crippen LogP contribution in [0.25, 0.3) is 6.08 Å². The van der Waals surface area contributed by atoms with Crippen LogP contribution in [0.1, 0.15) is 46.0 Å². The van der Waals surface area contributed by atoms with Gasteiger partial charge in [0.25, 0.3) is 11.8 Å². The Balaban J connectivity index is 1.08. The van der Waals surface area contributed by atoms with Crippen LogP contribution in [-0.2, 0) is 14.4 Å². The van der Waals surface area contributed by atoms with Gasteiger partial charge in [-0.1, -0.05) is 25.5 Å². The molecule has 0 N–H and O–H groups in total. The number of rotatable bonds is 12. The fourth-order valence-corrected chi connectivity index (χ4v) is 4.29. The van der Waals surface area contributed by atoms with Crippen molar-refractivity contribution in [2.24, 2.45) is 0 Å². The van der Waals surface area contributed by atoms with E-state index in [1.807, 2.05) is 0 Å². The highest BCUT2D eigenvalue weighted by Crippen LogP contribution is 2.24. The Morgan fingerprint density at radius 3 is 1.62 bits per heavy atom. The van der Waals surface area contributed by atoms with Crippen LogP contribution in [0.5, 0.6) is 23.0 Å². The van der Waals surface area contributed by atoms with Crippen LogP contribution in [0, 0.1) is 0 Å².